The van der Waals surface area contributed by atoms with E-state index in [9.17, 15) is 4.79 Å². The molecule has 0 spiro atoms. The van der Waals surface area contributed by atoms with Gasteiger partial charge < -0.3 is 20.1 Å². The monoisotopic (exact) mass is 264 g/mol. The number of hydrogen-bond donors (Lipinski definition) is 2. The van der Waals surface area contributed by atoms with Crippen LogP contribution in [0.25, 0.3) is 0 Å². The number of amides is 1. The third-order valence-electron chi connectivity index (χ3n) is 2.33. The molecule has 104 valence electrons. The molecule has 0 saturated carbocycles. The summed E-state index contributed by atoms with van der Waals surface area (Å²) in [5, 5.41) is 5.67. The molecule has 2 N–H and O–H groups in total. The van der Waals surface area contributed by atoms with Crippen LogP contribution in [0.4, 0.5) is 0 Å². The maximum atomic E-state index is 11.3. The molecule has 1 amide bonds. The molecule has 0 aliphatic heterocycles. The average molecular weight is 264 g/mol. The normalized spacial score (nSPS) is 9.74. The van der Waals surface area contributed by atoms with Crippen molar-refractivity contribution in [1.82, 2.24) is 10.6 Å². The van der Waals surface area contributed by atoms with Crippen molar-refractivity contribution in [3.63, 3.8) is 0 Å². The second-order valence-electron chi connectivity index (χ2n) is 3.79. The van der Waals surface area contributed by atoms with E-state index in [1.807, 2.05) is 24.3 Å². The second-order valence-corrected chi connectivity index (χ2v) is 3.79. The van der Waals surface area contributed by atoms with Crippen LogP contribution in [0.2, 0.25) is 0 Å². The first-order valence-electron chi connectivity index (χ1n) is 6.11. The van der Waals surface area contributed by atoms with Crippen molar-refractivity contribution in [1.29, 1.82) is 0 Å². The van der Waals surface area contributed by atoms with Gasteiger partial charge in [-0.3, -0.25) is 4.79 Å². The van der Waals surface area contributed by atoms with Crippen LogP contribution in [0.1, 0.15) is 0 Å². The minimum Gasteiger partial charge on any atom is -0.497 e. The molecule has 0 saturated heterocycles. The Balaban J connectivity index is 2.12. The molecular formula is C14H20N2O3. The van der Waals surface area contributed by atoms with Crippen LogP contribution in [-0.2, 0) is 4.79 Å². The van der Waals surface area contributed by atoms with Gasteiger partial charge >= 0.3 is 0 Å². The first-order chi connectivity index (χ1) is 9.26. The van der Waals surface area contributed by atoms with E-state index in [1.54, 1.807) is 13.2 Å². The van der Waals surface area contributed by atoms with Crippen LogP contribution >= 0.6 is 0 Å². The van der Waals surface area contributed by atoms with Crippen LogP contribution in [0.5, 0.6) is 11.5 Å². The average Bonchev–Trinajstić information content (AvgIpc) is 2.44. The highest BCUT2D eigenvalue weighted by molar-refractivity contribution is 5.77. The maximum absolute atomic E-state index is 11.3. The number of carbonyl (C=O) groups excluding carboxylic acids is 1. The molecule has 0 heterocycles. The van der Waals surface area contributed by atoms with E-state index in [4.69, 9.17) is 9.47 Å². The van der Waals surface area contributed by atoms with Crippen LogP contribution in [0.3, 0.4) is 0 Å². The smallest absolute Gasteiger partial charge is 0.234 e. The van der Waals surface area contributed by atoms with Gasteiger partial charge in [-0.15, -0.1) is 6.58 Å². The lowest BCUT2D eigenvalue weighted by molar-refractivity contribution is -0.120. The summed E-state index contributed by atoms with van der Waals surface area (Å²) in [7, 11) is 1.62. The van der Waals surface area contributed by atoms with Gasteiger partial charge in [0, 0.05) is 6.54 Å². The topological polar surface area (TPSA) is 59.6 Å². The lowest BCUT2D eigenvalue weighted by Gasteiger charge is -2.08. The zero-order valence-corrected chi connectivity index (χ0v) is 11.1. The van der Waals surface area contributed by atoms with Gasteiger partial charge in [-0.2, -0.15) is 0 Å². The summed E-state index contributed by atoms with van der Waals surface area (Å²) in [6, 6.07) is 7.30. The highest BCUT2D eigenvalue weighted by Gasteiger charge is 1.99. The van der Waals surface area contributed by atoms with Gasteiger partial charge in [0.1, 0.15) is 18.1 Å². The lowest BCUT2D eigenvalue weighted by Crippen LogP contribution is -2.36. The van der Waals surface area contributed by atoms with Crippen LogP contribution in [0.15, 0.2) is 36.9 Å². The maximum Gasteiger partial charge on any atom is 0.234 e. The standard InChI is InChI=1S/C14H20N2O3/c1-3-8-15-11-14(17)16-9-10-19-13-6-4-12(18-2)5-7-13/h3-7,15H,1,8-11H2,2H3,(H,16,17). The summed E-state index contributed by atoms with van der Waals surface area (Å²) in [6.07, 6.45) is 1.71. The number of methoxy groups -OCH3 is 1. The van der Waals surface area contributed by atoms with E-state index < -0.39 is 0 Å². The minimum atomic E-state index is -0.0554. The van der Waals surface area contributed by atoms with Gasteiger partial charge in [-0.05, 0) is 24.3 Å². The van der Waals surface area contributed by atoms with Gasteiger partial charge in [0.2, 0.25) is 5.91 Å². The second kappa shape index (κ2) is 8.99. The lowest BCUT2D eigenvalue weighted by atomic mass is 10.3. The predicted octanol–water partition coefficient (Wildman–Crippen LogP) is 0.966. The molecule has 1 rings (SSSR count). The molecular weight excluding hydrogens is 244 g/mol. The summed E-state index contributed by atoms with van der Waals surface area (Å²) in [5.74, 6) is 1.48. The number of rotatable bonds is 9. The largest absolute Gasteiger partial charge is 0.497 e. The van der Waals surface area contributed by atoms with Crippen LogP contribution in [-0.4, -0.2) is 39.3 Å². The predicted molar refractivity (Wildman–Crippen MR) is 74.6 cm³/mol. The highest BCUT2D eigenvalue weighted by Crippen LogP contribution is 2.16. The van der Waals surface area contributed by atoms with Gasteiger partial charge in [0.25, 0.3) is 0 Å². The summed E-state index contributed by atoms with van der Waals surface area (Å²) < 4.78 is 10.5. The number of ether oxygens (including phenoxy) is 2. The Hall–Kier alpha value is -2.01. The summed E-state index contributed by atoms with van der Waals surface area (Å²) in [4.78, 5) is 11.3. The van der Waals surface area contributed by atoms with Gasteiger partial charge in [-0.25, -0.2) is 0 Å². The van der Waals surface area contributed by atoms with Crippen LogP contribution in [0, 0.1) is 0 Å². The summed E-state index contributed by atoms with van der Waals surface area (Å²) >= 11 is 0. The third-order valence-corrected chi connectivity index (χ3v) is 2.33. The van der Waals surface area contributed by atoms with Crippen molar-refractivity contribution in [3.05, 3.63) is 36.9 Å². The van der Waals surface area contributed by atoms with Crippen molar-refractivity contribution in [3.8, 4) is 11.5 Å². The minimum absolute atomic E-state index is 0.0554. The van der Waals surface area contributed by atoms with Crippen molar-refractivity contribution in [2.45, 2.75) is 0 Å². The summed E-state index contributed by atoms with van der Waals surface area (Å²) in [5.41, 5.74) is 0. The molecule has 19 heavy (non-hydrogen) atoms. The molecule has 0 bridgehead atoms. The number of carbonyl (C=O) groups is 1. The molecule has 0 atom stereocenters. The third kappa shape index (κ3) is 6.47. The molecule has 0 aliphatic rings. The van der Waals surface area contributed by atoms with Crippen LogP contribution < -0.4 is 20.1 Å². The van der Waals surface area contributed by atoms with E-state index in [0.717, 1.165) is 11.5 Å². The zero-order chi connectivity index (χ0) is 13.9. The fourth-order valence-corrected chi connectivity index (χ4v) is 1.38. The van der Waals surface area contributed by atoms with E-state index in [0.29, 0.717) is 19.7 Å². The fourth-order valence-electron chi connectivity index (χ4n) is 1.38. The number of nitrogens with one attached hydrogen (secondary N) is 2. The van der Waals surface area contributed by atoms with E-state index >= 15 is 0 Å². The Kier molecular flexibility index (Phi) is 7.12. The zero-order valence-electron chi connectivity index (χ0n) is 11.1. The quantitative estimate of drug-likeness (QED) is 0.515. The van der Waals surface area contributed by atoms with E-state index in [2.05, 4.69) is 17.2 Å². The van der Waals surface area contributed by atoms with Crippen molar-refractivity contribution in [2.24, 2.45) is 0 Å². The van der Waals surface area contributed by atoms with Crippen molar-refractivity contribution >= 4 is 5.91 Å². The molecule has 0 aromatic heterocycles. The molecule has 0 aliphatic carbocycles. The summed E-state index contributed by atoms with van der Waals surface area (Å²) in [6.45, 7) is 5.37. The van der Waals surface area contributed by atoms with Crippen molar-refractivity contribution in [2.75, 3.05) is 33.4 Å². The SMILES string of the molecule is C=CCNCC(=O)NCCOc1ccc(OC)cc1. The van der Waals surface area contributed by atoms with E-state index in [-0.39, 0.29) is 12.5 Å². The Labute approximate surface area is 113 Å². The van der Waals surface area contributed by atoms with Crippen molar-refractivity contribution < 1.29 is 14.3 Å². The number of benzene rings is 1. The molecule has 0 unspecified atom stereocenters. The van der Waals surface area contributed by atoms with Gasteiger partial charge in [0.05, 0.1) is 20.2 Å². The first-order valence-corrected chi connectivity index (χ1v) is 6.11. The molecule has 1 aromatic carbocycles. The Morgan fingerprint density at radius 1 is 1.32 bits per heavy atom. The molecule has 5 heteroatoms. The fraction of sp³-hybridized carbons (Fsp3) is 0.357. The molecule has 5 nitrogen and oxygen atoms in total. The highest BCUT2D eigenvalue weighted by atomic mass is 16.5. The Morgan fingerprint density at radius 2 is 2.00 bits per heavy atom. The first kappa shape index (κ1) is 15.0. The number of hydrogen-bond acceptors (Lipinski definition) is 4. The molecule has 1 aromatic rings. The molecule has 0 radical (unpaired) electrons. The van der Waals surface area contributed by atoms with Gasteiger partial charge in [-0.1, -0.05) is 6.08 Å². The van der Waals surface area contributed by atoms with E-state index in [1.165, 1.54) is 0 Å². The Morgan fingerprint density at radius 3 is 2.63 bits per heavy atom. The molecule has 0 fully saturated rings. The van der Waals surface area contributed by atoms with Gasteiger partial charge in [0.15, 0.2) is 0 Å². The Bertz CT molecular complexity index is 390.